The Morgan fingerprint density at radius 3 is 2.48 bits per heavy atom. The van der Waals surface area contributed by atoms with Crippen LogP contribution in [0.4, 0.5) is 0 Å². The molecule has 1 amide bonds. The van der Waals surface area contributed by atoms with Gasteiger partial charge < -0.3 is 15.1 Å². The topological polar surface area (TPSA) is 135 Å². The number of Topliss-reactive ketones (excluding diaryl/α,β-unsaturated/α-hetero) is 2. The summed E-state index contributed by atoms with van der Waals surface area (Å²) in [6.45, 7) is 0. The molecule has 2 unspecified atom stereocenters. The van der Waals surface area contributed by atoms with Crippen LogP contribution in [0.2, 0.25) is 0 Å². The number of hydrogen-bond donors (Lipinski definition) is 2. The number of fused-ring (bicyclic) bond motifs is 1. The molecule has 1 aromatic heterocycles. The number of hydrogen-bond acceptors (Lipinski definition) is 8. The summed E-state index contributed by atoms with van der Waals surface area (Å²) in [6, 6.07) is 1.77. The van der Waals surface area contributed by atoms with Gasteiger partial charge in [-0.25, -0.2) is 9.86 Å². The van der Waals surface area contributed by atoms with Gasteiger partial charge in [-0.3, -0.25) is 19.2 Å². The monoisotopic (exact) mass is 324 g/mol. The Kier molecular flexibility index (Phi) is 3.52. The molecule has 2 aliphatic heterocycles. The number of carbonyl (C=O) groups excluding carboxylic acids is 4. The third-order valence-corrected chi connectivity index (χ3v) is 3.67. The zero-order valence-electron chi connectivity index (χ0n) is 11.7. The molecule has 122 valence electrons. The maximum Gasteiger partial charge on any atom is 0.407 e. The summed E-state index contributed by atoms with van der Waals surface area (Å²) < 4.78 is 0.296. The Morgan fingerprint density at radius 1 is 1.22 bits per heavy atom. The second-order valence-electron chi connectivity index (χ2n) is 5.16. The minimum absolute atomic E-state index is 0.129. The maximum absolute atomic E-state index is 12.0. The largest absolute Gasteiger partial charge is 0.492 e. The molecule has 10 heteroatoms. The third-order valence-electron chi connectivity index (χ3n) is 3.67. The van der Waals surface area contributed by atoms with Crippen LogP contribution in [0, 0.1) is 0 Å². The van der Waals surface area contributed by atoms with Gasteiger partial charge in [-0.2, -0.15) is 0 Å². The normalized spacial score (nSPS) is 23.0. The van der Waals surface area contributed by atoms with E-state index >= 15 is 0 Å². The molecular formula is C13H12N2O8. The Labute approximate surface area is 128 Å². The Hall–Kier alpha value is -2.88. The molecular weight excluding hydrogens is 312 g/mol. The highest BCUT2D eigenvalue weighted by atomic mass is 16.7. The van der Waals surface area contributed by atoms with Gasteiger partial charge in [-0.05, 0) is 6.42 Å². The summed E-state index contributed by atoms with van der Waals surface area (Å²) in [4.78, 5) is 56.5. The van der Waals surface area contributed by atoms with Crippen molar-refractivity contribution in [2.24, 2.45) is 0 Å². The van der Waals surface area contributed by atoms with E-state index in [1.807, 2.05) is 0 Å². The minimum Gasteiger partial charge on any atom is -0.492 e. The van der Waals surface area contributed by atoms with Gasteiger partial charge in [0.1, 0.15) is 0 Å². The summed E-state index contributed by atoms with van der Waals surface area (Å²) in [5.41, 5.74) is 0. The van der Waals surface area contributed by atoms with E-state index in [9.17, 15) is 29.4 Å². The molecule has 0 bridgehead atoms. The highest BCUT2D eigenvalue weighted by Gasteiger charge is 2.46. The molecule has 23 heavy (non-hydrogen) atoms. The first kappa shape index (κ1) is 15.0. The van der Waals surface area contributed by atoms with Gasteiger partial charge in [0.25, 0.3) is 0 Å². The van der Waals surface area contributed by atoms with E-state index in [1.165, 1.54) is 0 Å². The van der Waals surface area contributed by atoms with E-state index in [-0.39, 0.29) is 18.4 Å². The van der Waals surface area contributed by atoms with Crippen LogP contribution in [0.3, 0.4) is 0 Å². The van der Waals surface area contributed by atoms with Crippen LogP contribution in [0.5, 0.6) is 11.8 Å². The maximum atomic E-state index is 12.0. The molecule has 0 spiro atoms. The SMILES string of the molecule is O=C(On1c(O)ccc1O)C(=O)C(=O)C1CC2CCC(=O)N2O1. The first-order valence-electron chi connectivity index (χ1n) is 6.78. The van der Waals surface area contributed by atoms with Gasteiger partial charge in [-0.1, -0.05) is 0 Å². The fourth-order valence-corrected chi connectivity index (χ4v) is 2.53. The Bertz CT molecular complexity index is 689. The first-order valence-corrected chi connectivity index (χ1v) is 6.78. The highest BCUT2D eigenvalue weighted by Crippen LogP contribution is 2.31. The average Bonchev–Trinajstić information content (AvgIpc) is 3.18. The van der Waals surface area contributed by atoms with Crippen molar-refractivity contribution in [3.8, 4) is 11.8 Å². The second-order valence-corrected chi connectivity index (χ2v) is 5.16. The average molecular weight is 324 g/mol. The second kappa shape index (κ2) is 5.39. The summed E-state index contributed by atoms with van der Waals surface area (Å²) in [7, 11) is 0. The molecule has 2 N–H and O–H groups in total. The number of ketones is 2. The van der Waals surface area contributed by atoms with E-state index < -0.39 is 35.4 Å². The van der Waals surface area contributed by atoms with Crippen LogP contribution in [-0.4, -0.2) is 55.6 Å². The standard InChI is InChI=1S/C13H12N2O8/c16-8-2-1-6-5-7(22-14(6)8)11(19)12(20)13(21)23-15-9(17)3-4-10(15)18/h3-4,6-7,17-18H,1-2,5H2. The lowest BCUT2D eigenvalue weighted by Crippen LogP contribution is -2.39. The molecule has 0 radical (unpaired) electrons. The molecule has 10 nitrogen and oxygen atoms in total. The number of aromatic nitrogens is 1. The molecule has 3 heterocycles. The van der Waals surface area contributed by atoms with Crippen molar-refractivity contribution >= 4 is 23.4 Å². The van der Waals surface area contributed by atoms with Crippen LogP contribution in [0.15, 0.2) is 12.1 Å². The molecule has 2 aliphatic rings. The van der Waals surface area contributed by atoms with Gasteiger partial charge in [0, 0.05) is 25.0 Å². The van der Waals surface area contributed by atoms with Crippen LogP contribution >= 0.6 is 0 Å². The number of nitrogens with zero attached hydrogens (tertiary/aromatic N) is 2. The lowest BCUT2D eigenvalue weighted by Gasteiger charge is -2.13. The molecule has 2 atom stereocenters. The number of rotatable bonds is 4. The van der Waals surface area contributed by atoms with Gasteiger partial charge in [0.05, 0.1) is 6.04 Å². The molecule has 0 aromatic carbocycles. The third kappa shape index (κ3) is 2.52. The Balaban J connectivity index is 1.65. The van der Waals surface area contributed by atoms with Crippen LogP contribution in [-0.2, 0) is 24.0 Å². The van der Waals surface area contributed by atoms with Gasteiger partial charge >= 0.3 is 11.8 Å². The summed E-state index contributed by atoms with van der Waals surface area (Å²) in [5, 5.41) is 19.7. The molecule has 3 rings (SSSR count). The van der Waals surface area contributed by atoms with Crippen LogP contribution < -0.4 is 4.84 Å². The smallest absolute Gasteiger partial charge is 0.407 e. The van der Waals surface area contributed by atoms with Crippen molar-refractivity contribution in [1.82, 2.24) is 9.79 Å². The number of hydroxylamine groups is 2. The van der Waals surface area contributed by atoms with E-state index in [2.05, 4.69) is 4.84 Å². The summed E-state index contributed by atoms with van der Waals surface area (Å²) >= 11 is 0. The molecule has 2 saturated heterocycles. The van der Waals surface area contributed by atoms with Crippen LogP contribution in [0.25, 0.3) is 0 Å². The lowest BCUT2D eigenvalue weighted by atomic mass is 10.0. The Morgan fingerprint density at radius 2 is 1.87 bits per heavy atom. The van der Waals surface area contributed by atoms with E-state index in [0.717, 1.165) is 17.2 Å². The first-order chi connectivity index (χ1) is 10.9. The summed E-state index contributed by atoms with van der Waals surface area (Å²) in [6.07, 6.45) is -0.264. The number of carbonyl (C=O) groups is 4. The van der Waals surface area contributed by atoms with Gasteiger partial charge in [0.2, 0.25) is 23.5 Å². The summed E-state index contributed by atoms with van der Waals surface area (Å²) in [5.74, 6) is -5.76. The fraction of sp³-hybridized carbons (Fsp3) is 0.385. The van der Waals surface area contributed by atoms with Crippen molar-refractivity contribution in [3.05, 3.63) is 12.1 Å². The van der Waals surface area contributed by atoms with Gasteiger partial charge in [-0.15, -0.1) is 4.73 Å². The van der Waals surface area contributed by atoms with Crippen molar-refractivity contribution < 1.29 is 39.1 Å². The number of amides is 1. The zero-order valence-corrected chi connectivity index (χ0v) is 11.7. The predicted octanol–water partition coefficient (Wildman–Crippen LogP) is -1.31. The van der Waals surface area contributed by atoms with Crippen molar-refractivity contribution in [3.63, 3.8) is 0 Å². The highest BCUT2D eigenvalue weighted by molar-refractivity contribution is 6.63. The fourth-order valence-electron chi connectivity index (χ4n) is 2.53. The number of aromatic hydroxyl groups is 2. The molecule has 0 aliphatic carbocycles. The van der Waals surface area contributed by atoms with Crippen molar-refractivity contribution in [2.75, 3.05) is 0 Å². The lowest BCUT2D eigenvalue weighted by molar-refractivity contribution is -0.183. The van der Waals surface area contributed by atoms with Gasteiger partial charge in [0.15, 0.2) is 6.10 Å². The molecule has 1 aromatic rings. The molecule has 0 saturated carbocycles. The predicted molar refractivity (Wildman–Crippen MR) is 68.7 cm³/mol. The van der Waals surface area contributed by atoms with Crippen molar-refractivity contribution in [1.29, 1.82) is 0 Å². The quantitative estimate of drug-likeness (QED) is 0.514. The van der Waals surface area contributed by atoms with E-state index in [4.69, 9.17) is 4.84 Å². The van der Waals surface area contributed by atoms with Crippen LogP contribution in [0.1, 0.15) is 19.3 Å². The zero-order chi connectivity index (χ0) is 16.7. The molecule has 2 fully saturated rings. The minimum atomic E-state index is -1.58. The van der Waals surface area contributed by atoms with Crippen molar-refractivity contribution in [2.45, 2.75) is 31.4 Å². The van der Waals surface area contributed by atoms with E-state index in [0.29, 0.717) is 17.6 Å². The van der Waals surface area contributed by atoms with E-state index in [1.54, 1.807) is 0 Å².